The molecule has 0 saturated heterocycles. The fourth-order valence-electron chi connectivity index (χ4n) is 1.51. The first-order valence-corrected chi connectivity index (χ1v) is 7.17. The molecular formula is C13H15NS2. The van der Waals surface area contributed by atoms with Crippen molar-refractivity contribution in [1.29, 1.82) is 0 Å². The number of hydrogen-bond donors (Lipinski definition) is 0. The highest BCUT2D eigenvalue weighted by Crippen LogP contribution is 2.34. The maximum atomic E-state index is 4.38. The fourth-order valence-corrected chi connectivity index (χ4v) is 3.63. The lowest BCUT2D eigenvalue weighted by Crippen LogP contribution is -1.82. The molecule has 0 unspecified atom stereocenters. The minimum Gasteiger partial charge on any atom is -0.248 e. The van der Waals surface area contributed by atoms with Crippen LogP contribution < -0.4 is 0 Å². The molecule has 0 bridgehead atoms. The second-order valence-electron chi connectivity index (χ2n) is 3.49. The molecular weight excluding hydrogens is 234 g/mol. The SMILES string of the molecule is CCc1ncc(Sc2ccccc2CC)s1. The Morgan fingerprint density at radius 2 is 2.00 bits per heavy atom. The van der Waals surface area contributed by atoms with Gasteiger partial charge in [0, 0.05) is 4.90 Å². The maximum Gasteiger partial charge on any atom is 0.0934 e. The van der Waals surface area contributed by atoms with Crippen LogP contribution in [0.1, 0.15) is 24.4 Å². The first-order chi connectivity index (χ1) is 7.83. The van der Waals surface area contributed by atoms with E-state index in [9.17, 15) is 0 Å². The largest absolute Gasteiger partial charge is 0.248 e. The van der Waals surface area contributed by atoms with Gasteiger partial charge < -0.3 is 0 Å². The second kappa shape index (κ2) is 5.51. The molecule has 0 aliphatic heterocycles. The standard InChI is InChI=1S/C13H15NS2/c1-3-10-7-5-6-8-11(10)15-13-9-14-12(4-2)16-13/h5-9H,3-4H2,1-2H3. The molecule has 0 spiro atoms. The van der Waals surface area contributed by atoms with E-state index in [2.05, 4.69) is 43.1 Å². The Bertz CT molecular complexity index is 462. The van der Waals surface area contributed by atoms with Gasteiger partial charge >= 0.3 is 0 Å². The summed E-state index contributed by atoms with van der Waals surface area (Å²) in [7, 11) is 0. The highest BCUT2D eigenvalue weighted by Gasteiger charge is 2.05. The Hall–Kier alpha value is -0.800. The summed E-state index contributed by atoms with van der Waals surface area (Å²) in [4.78, 5) is 5.74. The molecule has 3 heteroatoms. The molecule has 0 aliphatic carbocycles. The monoisotopic (exact) mass is 249 g/mol. The Kier molecular flexibility index (Phi) is 4.02. The van der Waals surface area contributed by atoms with E-state index >= 15 is 0 Å². The predicted octanol–water partition coefficient (Wildman–Crippen LogP) is 4.42. The number of rotatable bonds is 4. The van der Waals surface area contributed by atoms with Gasteiger partial charge in [0.2, 0.25) is 0 Å². The van der Waals surface area contributed by atoms with E-state index in [0.717, 1.165) is 12.8 Å². The first kappa shape index (κ1) is 11.7. The summed E-state index contributed by atoms with van der Waals surface area (Å²) in [5.41, 5.74) is 1.42. The Morgan fingerprint density at radius 3 is 2.69 bits per heavy atom. The van der Waals surface area contributed by atoms with E-state index in [1.54, 1.807) is 11.3 Å². The van der Waals surface area contributed by atoms with Crippen LogP contribution in [0, 0.1) is 0 Å². The van der Waals surface area contributed by atoms with Crippen LogP contribution in [0.5, 0.6) is 0 Å². The lowest BCUT2D eigenvalue weighted by molar-refractivity contribution is 1.08. The van der Waals surface area contributed by atoms with Crippen LogP contribution in [0.15, 0.2) is 39.6 Å². The van der Waals surface area contributed by atoms with Crippen LogP contribution in [-0.4, -0.2) is 4.98 Å². The quantitative estimate of drug-likeness (QED) is 0.795. The zero-order valence-corrected chi connectivity index (χ0v) is 11.2. The third-order valence-corrected chi connectivity index (χ3v) is 4.76. The van der Waals surface area contributed by atoms with Gasteiger partial charge in [-0.1, -0.05) is 43.8 Å². The van der Waals surface area contributed by atoms with E-state index in [4.69, 9.17) is 0 Å². The Balaban J connectivity index is 2.19. The molecule has 0 radical (unpaired) electrons. The van der Waals surface area contributed by atoms with Crippen molar-refractivity contribution in [3.05, 3.63) is 41.0 Å². The molecule has 2 aromatic rings. The van der Waals surface area contributed by atoms with Gasteiger partial charge in [-0.15, -0.1) is 11.3 Å². The van der Waals surface area contributed by atoms with E-state index in [0.29, 0.717) is 0 Å². The summed E-state index contributed by atoms with van der Waals surface area (Å²) in [6.07, 6.45) is 4.10. The zero-order valence-electron chi connectivity index (χ0n) is 9.56. The third kappa shape index (κ3) is 2.66. The van der Waals surface area contributed by atoms with Gasteiger partial charge in [0.25, 0.3) is 0 Å². The van der Waals surface area contributed by atoms with Crippen LogP contribution in [-0.2, 0) is 12.8 Å². The van der Waals surface area contributed by atoms with Crippen molar-refractivity contribution in [2.75, 3.05) is 0 Å². The summed E-state index contributed by atoms with van der Waals surface area (Å²) >= 11 is 3.63. The number of nitrogens with zero attached hydrogens (tertiary/aromatic N) is 1. The van der Waals surface area contributed by atoms with Crippen LogP contribution in [0.4, 0.5) is 0 Å². The van der Waals surface area contributed by atoms with Crippen molar-refractivity contribution in [2.24, 2.45) is 0 Å². The molecule has 0 amide bonds. The van der Waals surface area contributed by atoms with Crippen LogP contribution in [0.3, 0.4) is 0 Å². The number of aryl methyl sites for hydroxylation is 2. The van der Waals surface area contributed by atoms with Gasteiger partial charge in [-0.25, -0.2) is 4.98 Å². The summed E-state index contributed by atoms with van der Waals surface area (Å²) in [5, 5.41) is 1.22. The number of hydrogen-bond acceptors (Lipinski definition) is 3. The van der Waals surface area contributed by atoms with Crippen LogP contribution in [0.2, 0.25) is 0 Å². The number of benzene rings is 1. The molecule has 0 N–H and O–H groups in total. The molecule has 1 heterocycles. The predicted molar refractivity (Wildman–Crippen MR) is 71.4 cm³/mol. The van der Waals surface area contributed by atoms with Crippen molar-refractivity contribution in [2.45, 2.75) is 35.8 Å². The number of thiazole rings is 1. The molecule has 1 aromatic heterocycles. The normalized spacial score (nSPS) is 10.6. The molecule has 0 saturated carbocycles. The van der Waals surface area contributed by atoms with Crippen molar-refractivity contribution >= 4 is 23.1 Å². The highest BCUT2D eigenvalue weighted by molar-refractivity contribution is 8.01. The van der Waals surface area contributed by atoms with Gasteiger partial charge in [-0.2, -0.15) is 0 Å². The lowest BCUT2D eigenvalue weighted by atomic mass is 10.2. The molecule has 84 valence electrons. The summed E-state index contributed by atoms with van der Waals surface area (Å²) in [6.45, 7) is 4.34. The molecule has 1 nitrogen and oxygen atoms in total. The molecule has 1 aromatic carbocycles. The summed E-state index contributed by atoms with van der Waals surface area (Å²) in [5.74, 6) is 0. The zero-order chi connectivity index (χ0) is 11.4. The molecule has 0 atom stereocenters. The average molecular weight is 249 g/mol. The van der Waals surface area contributed by atoms with Crippen molar-refractivity contribution in [3.63, 3.8) is 0 Å². The van der Waals surface area contributed by atoms with E-state index in [-0.39, 0.29) is 0 Å². The molecule has 2 rings (SSSR count). The lowest BCUT2D eigenvalue weighted by Gasteiger charge is -2.04. The highest BCUT2D eigenvalue weighted by atomic mass is 32.2. The van der Waals surface area contributed by atoms with E-state index < -0.39 is 0 Å². The number of aromatic nitrogens is 1. The minimum atomic E-state index is 1.03. The summed E-state index contributed by atoms with van der Waals surface area (Å²) in [6, 6.07) is 8.59. The smallest absolute Gasteiger partial charge is 0.0934 e. The third-order valence-electron chi connectivity index (χ3n) is 2.40. The van der Waals surface area contributed by atoms with Gasteiger partial charge in [-0.05, 0) is 24.5 Å². The second-order valence-corrected chi connectivity index (χ2v) is 5.95. The Morgan fingerprint density at radius 1 is 1.19 bits per heavy atom. The molecule has 0 fully saturated rings. The first-order valence-electron chi connectivity index (χ1n) is 5.54. The van der Waals surface area contributed by atoms with Gasteiger partial charge in [-0.3, -0.25) is 0 Å². The van der Waals surface area contributed by atoms with Crippen LogP contribution >= 0.6 is 23.1 Å². The van der Waals surface area contributed by atoms with Crippen LogP contribution in [0.25, 0.3) is 0 Å². The van der Waals surface area contributed by atoms with Crippen molar-refractivity contribution in [1.82, 2.24) is 4.98 Å². The minimum absolute atomic E-state index is 1.03. The molecule has 0 aliphatic rings. The fraction of sp³-hybridized carbons (Fsp3) is 0.308. The Labute approximate surface area is 105 Å². The van der Waals surface area contributed by atoms with Gasteiger partial charge in [0.15, 0.2) is 0 Å². The van der Waals surface area contributed by atoms with Crippen molar-refractivity contribution < 1.29 is 0 Å². The summed E-state index contributed by atoms with van der Waals surface area (Å²) < 4.78 is 1.29. The maximum absolute atomic E-state index is 4.38. The van der Waals surface area contributed by atoms with E-state index in [1.807, 2.05) is 18.0 Å². The van der Waals surface area contributed by atoms with E-state index in [1.165, 1.54) is 19.7 Å². The van der Waals surface area contributed by atoms with Gasteiger partial charge in [0.05, 0.1) is 15.4 Å². The van der Waals surface area contributed by atoms with Crippen molar-refractivity contribution in [3.8, 4) is 0 Å². The average Bonchev–Trinajstić information content (AvgIpc) is 2.77. The van der Waals surface area contributed by atoms with Gasteiger partial charge in [0.1, 0.15) is 0 Å². The topological polar surface area (TPSA) is 12.9 Å². The molecule has 16 heavy (non-hydrogen) atoms.